The van der Waals surface area contributed by atoms with Gasteiger partial charge >= 0.3 is 5.69 Å². The number of ether oxygens (including phenoxy) is 1. The van der Waals surface area contributed by atoms with Gasteiger partial charge in [-0.2, -0.15) is 0 Å². The zero-order valence-corrected chi connectivity index (χ0v) is 12.7. The minimum absolute atomic E-state index is 0.150. The predicted octanol–water partition coefficient (Wildman–Crippen LogP) is 0.525. The zero-order chi connectivity index (χ0) is 14.4. The van der Waals surface area contributed by atoms with E-state index in [9.17, 15) is 19.1 Å². The molecular weight excluding hydrogens is 393 g/mol. The standard InChI is InChI=1S/C10H11ClFIN2O4/c1-9(11)6(17)10(12,4-13)19-7(9)15-3-2-5(16)14-8(15)18/h2-3,6-7,17H,4H2,1H3,(H,14,16,18)/t6?,7-,9-,10-/m1/s1. The fraction of sp³-hybridized carbons (Fsp3) is 0.600. The number of halogens is 3. The van der Waals surface area contributed by atoms with Crippen LogP contribution in [0.2, 0.25) is 0 Å². The number of aliphatic hydroxyl groups excluding tert-OH is 1. The van der Waals surface area contributed by atoms with Gasteiger partial charge in [-0.1, -0.05) is 22.6 Å². The number of H-pyrrole nitrogens is 1. The van der Waals surface area contributed by atoms with E-state index in [1.807, 2.05) is 4.98 Å². The maximum Gasteiger partial charge on any atom is 0.330 e. The van der Waals surface area contributed by atoms with E-state index in [0.717, 1.165) is 16.8 Å². The third-order valence-electron chi connectivity index (χ3n) is 3.02. The van der Waals surface area contributed by atoms with E-state index in [0.29, 0.717) is 0 Å². The number of aliphatic hydroxyl groups is 1. The number of aromatic amines is 1. The lowest BCUT2D eigenvalue weighted by Gasteiger charge is -2.26. The molecular formula is C10H11ClFIN2O4. The first kappa shape index (κ1) is 14.9. The molecule has 1 aliphatic heterocycles. The molecule has 1 saturated heterocycles. The highest BCUT2D eigenvalue weighted by Crippen LogP contribution is 2.49. The number of rotatable bonds is 2. The molecule has 1 unspecified atom stereocenters. The quantitative estimate of drug-likeness (QED) is 0.556. The highest BCUT2D eigenvalue weighted by Gasteiger charge is 2.62. The molecule has 1 aromatic rings. The second-order valence-electron chi connectivity index (χ2n) is 4.46. The van der Waals surface area contributed by atoms with Crippen molar-refractivity contribution in [2.24, 2.45) is 0 Å². The summed E-state index contributed by atoms with van der Waals surface area (Å²) in [5.41, 5.74) is -1.37. The SMILES string of the molecule is C[C@@]1(Cl)C(O)[C@@](F)(CI)O[C@H]1n1ccc(=O)[nH]c1=O. The summed E-state index contributed by atoms with van der Waals surface area (Å²) < 4.78 is 20.2. The molecule has 6 nitrogen and oxygen atoms in total. The highest BCUT2D eigenvalue weighted by atomic mass is 127. The molecule has 2 N–H and O–H groups in total. The van der Waals surface area contributed by atoms with Crippen LogP contribution in [0, 0.1) is 0 Å². The van der Waals surface area contributed by atoms with Crippen molar-refractivity contribution in [1.29, 1.82) is 0 Å². The van der Waals surface area contributed by atoms with Crippen LogP contribution in [0.1, 0.15) is 13.2 Å². The number of hydrogen-bond acceptors (Lipinski definition) is 4. The van der Waals surface area contributed by atoms with Crippen molar-refractivity contribution in [2.45, 2.75) is 30.0 Å². The van der Waals surface area contributed by atoms with Gasteiger partial charge < -0.3 is 9.84 Å². The Balaban J connectivity index is 2.51. The van der Waals surface area contributed by atoms with Crippen LogP contribution >= 0.6 is 34.2 Å². The van der Waals surface area contributed by atoms with E-state index in [2.05, 4.69) is 0 Å². The zero-order valence-electron chi connectivity index (χ0n) is 9.77. The number of hydrogen-bond donors (Lipinski definition) is 2. The molecule has 1 fully saturated rings. The van der Waals surface area contributed by atoms with Gasteiger partial charge in [-0.05, 0) is 6.92 Å². The highest BCUT2D eigenvalue weighted by molar-refractivity contribution is 14.1. The van der Waals surface area contributed by atoms with Crippen molar-refractivity contribution in [1.82, 2.24) is 9.55 Å². The molecule has 1 aromatic heterocycles. The number of nitrogens with one attached hydrogen (secondary N) is 1. The lowest BCUT2D eigenvalue weighted by Crippen LogP contribution is -2.45. The first-order chi connectivity index (χ1) is 8.72. The average molecular weight is 405 g/mol. The molecule has 1 aliphatic rings. The van der Waals surface area contributed by atoms with E-state index in [1.54, 1.807) is 22.6 Å². The molecule has 2 rings (SSSR count). The monoisotopic (exact) mass is 404 g/mol. The molecule has 0 amide bonds. The van der Waals surface area contributed by atoms with Gasteiger partial charge in [0.05, 0.1) is 4.43 Å². The second kappa shape index (κ2) is 4.83. The molecule has 0 bridgehead atoms. The average Bonchev–Trinajstić information content (AvgIpc) is 2.51. The number of alkyl halides is 3. The first-order valence-corrected chi connectivity index (χ1v) is 7.24. The molecule has 0 radical (unpaired) electrons. The second-order valence-corrected chi connectivity index (χ2v) is 6.04. The van der Waals surface area contributed by atoms with Crippen molar-refractivity contribution in [3.8, 4) is 0 Å². The van der Waals surface area contributed by atoms with E-state index in [4.69, 9.17) is 16.3 Å². The van der Waals surface area contributed by atoms with Gasteiger partial charge in [0.2, 0.25) is 5.85 Å². The van der Waals surface area contributed by atoms with Gasteiger partial charge in [-0.25, -0.2) is 9.18 Å². The summed E-state index contributed by atoms with van der Waals surface area (Å²) in [4.78, 5) is 23.2. The van der Waals surface area contributed by atoms with E-state index in [1.165, 1.54) is 6.92 Å². The van der Waals surface area contributed by atoms with E-state index in [-0.39, 0.29) is 4.43 Å². The van der Waals surface area contributed by atoms with Gasteiger partial charge in [0.1, 0.15) is 11.0 Å². The molecule has 0 aromatic carbocycles. The van der Waals surface area contributed by atoms with Crippen LogP contribution in [0.25, 0.3) is 0 Å². The van der Waals surface area contributed by atoms with Crippen molar-refractivity contribution in [2.75, 3.05) is 4.43 Å². The van der Waals surface area contributed by atoms with Crippen LogP contribution in [0.5, 0.6) is 0 Å². The summed E-state index contributed by atoms with van der Waals surface area (Å²) in [6.45, 7) is 1.37. The Morgan fingerprint density at radius 1 is 1.68 bits per heavy atom. The lowest BCUT2D eigenvalue weighted by atomic mass is 10.0. The minimum Gasteiger partial charge on any atom is -0.385 e. The third kappa shape index (κ3) is 2.34. The Hall–Kier alpha value is -0.450. The molecule has 4 atom stereocenters. The maximum absolute atomic E-state index is 14.3. The summed E-state index contributed by atoms with van der Waals surface area (Å²) in [6.07, 6.45) is -1.69. The minimum atomic E-state index is -2.35. The summed E-state index contributed by atoms with van der Waals surface area (Å²) in [6, 6.07) is 1.09. The van der Waals surface area contributed by atoms with Gasteiger partial charge in [0.25, 0.3) is 5.56 Å². The Labute approximate surface area is 125 Å². The third-order valence-corrected chi connectivity index (χ3v) is 4.45. The Morgan fingerprint density at radius 2 is 2.32 bits per heavy atom. The summed E-state index contributed by atoms with van der Waals surface area (Å²) >= 11 is 7.84. The summed E-state index contributed by atoms with van der Waals surface area (Å²) in [7, 11) is 0. The smallest absolute Gasteiger partial charge is 0.330 e. The van der Waals surface area contributed by atoms with Crippen LogP contribution in [-0.4, -0.2) is 35.9 Å². The molecule has 2 heterocycles. The summed E-state index contributed by atoms with van der Waals surface area (Å²) in [5.74, 6) is -2.35. The number of aromatic nitrogens is 2. The first-order valence-electron chi connectivity index (χ1n) is 5.33. The summed E-state index contributed by atoms with van der Waals surface area (Å²) in [5, 5.41) is 9.93. The van der Waals surface area contributed by atoms with Crippen molar-refractivity contribution in [3.63, 3.8) is 0 Å². The van der Waals surface area contributed by atoms with Crippen LogP contribution < -0.4 is 11.2 Å². The van der Waals surface area contributed by atoms with Gasteiger partial charge in [-0.3, -0.25) is 14.3 Å². The molecule has 19 heavy (non-hydrogen) atoms. The van der Waals surface area contributed by atoms with Crippen LogP contribution in [0.15, 0.2) is 21.9 Å². The molecule has 0 saturated carbocycles. The molecule has 106 valence electrons. The molecule has 0 aliphatic carbocycles. The van der Waals surface area contributed by atoms with E-state index < -0.39 is 34.3 Å². The van der Waals surface area contributed by atoms with Crippen LogP contribution in [0.4, 0.5) is 4.39 Å². The largest absolute Gasteiger partial charge is 0.385 e. The van der Waals surface area contributed by atoms with Crippen molar-refractivity contribution < 1.29 is 14.2 Å². The van der Waals surface area contributed by atoms with Crippen LogP contribution in [0.3, 0.4) is 0 Å². The van der Waals surface area contributed by atoms with Crippen LogP contribution in [-0.2, 0) is 4.74 Å². The predicted molar refractivity (Wildman–Crippen MR) is 74.4 cm³/mol. The topological polar surface area (TPSA) is 84.3 Å². The molecule has 0 spiro atoms. The Kier molecular flexibility index (Phi) is 3.80. The van der Waals surface area contributed by atoms with Crippen molar-refractivity contribution >= 4 is 34.2 Å². The normalized spacial score (nSPS) is 38.6. The van der Waals surface area contributed by atoms with Crippen molar-refractivity contribution in [3.05, 3.63) is 33.1 Å². The lowest BCUT2D eigenvalue weighted by molar-refractivity contribution is -0.169. The van der Waals surface area contributed by atoms with Gasteiger partial charge in [0.15, 0.2) is 6.23 Å². The van der Waals surface area contributed by atoms with Gasteiger partial charge in [-0.15, -0.1) is 11.6 Å². The van der Waals surface area contributed by atoms with Gasteiger partial charge in [0, 0.05) is 12.3 Å². The maximum atomic E-state index is 14.3. The Morgan fingerprint density at radius 3 is 2.79 bits per heavy atom. The Bertz CT molecular complexity index is 604. The fourth-order valence-corrected chi connectivity index (χ4v) is 2.88. The number of nitrogens with zero attached hydrogens (tertiary/aromatic N) is 1. The molecule has 9 heteroatoms. The fourth-order valence-electron chi connectivity index (χ4n) is 1.97. The van der Waals surface area contributed by atoms with E-state index >= 15 is 0 Å².